The Hall–Kier alpha value is -3.09. The Kier molecular flexibility index (Phi) is 5.85. The van der Waals surface area contributed by atoms with Crippen LogP contribution in [0.3, 0.4) is 0 Å². The molecule has 4 rings (SSSR count). The number of hydrogen-bond acceptors (Lipinski definition) is 4. The highest BCUT2D eigenvalue weighted by molar-refractivity contribution is 6.66. The molecule has 6 nitrogen and oxygen atoms in total. The van der Waals surface area contributed by atoms with Crippen LogP contribution in [-0.2, 0) is 12.2 Å². The molecule has 0 atom stereocenters. The van der Waals surface area contributed by atoms with Gasteiger partial charge in [-0.1, -0.05) is 38.6 Å². The number of nitrogens with zero attached hydrogens (tertiary/aromatic N) is 4. The molecule has 33 heavy (non-hydrogen) atoms. The molecule has 13 heteroatoms. The number of amides is 1. The average Bonchev–Trinajstić information content (AvgIpc) is 3.17. The molecular formula is C20H24B7N5O. The van der Waals surface area contributed by atoms with Gasteiger partial charge in [-0.3, -0.25) is 4.79 Å². The fourth-order valence-electron chi connectivity index (χ4n) is 4.86. The van der Waals surface area contributed by atoms with Crippen molar-refractivity contribution in [2.45, 2.75) is 5.11 Å². The Morgan fingerprint density at radius 3 is 2.21 bits per heavy atom. The lowest BCUT2D eigenvalue weighted by atomic mass is 9.37. The number of rotatable bonds is 4. The lowest BCUT2D eigenvalue weighted by Gasteiger charge is -2.30. The third kappa shape index (κ3) is 4.17. The van der Waals surface area contributed by atoms with Crippen LogP contribution in [0.2, 0.25) is 0 Å². The van der Waals surface area contributed by atoms with Crippen LogP contribution >= 0.6 is 0 Å². The molecule has 0 fully saturated rings. The second-order valence-electron chi connectivity index (χ2n) is 9.85. The fourth-order valence-corrected chi connectivity index (χ4v) is 4.86. The molecule has 0 spiro atoms. The summed E-state index contributed by atoms with van der Waals surface area (Å²) in [5, 5.41) is 12.4. The number of anilines is 1. The van der Waals surface area contributed by atoms with Gasteiger partial charge in [-0.05, 0) is 18.2 Å². The first-order chi connectivity index (χ1) is 15.5. The number of aryl methyl sites for hydroxylation is 1. The van der Waals surface area contributed by atoms with E-state index in [1.54, 1.807) is 6.33 Å². The molecule has 0 saturated carbocycles. The molecule has 2 heterocycles. The molecule has 2 aromatic carbocycles. The van der Waals surface area contributed by atoms with Crippen molar-refractivity contribution in [3.63, 3.8) is 0 Å². The normalized spacial score (nSPS) is 11.5. The number of benzene rings is 2. The first-order valence-corrected chi connectivity index (χ1v) is 11.2. The molecule has 4 aromatic rings. The highest BCUT2D eigenvalue weighted by Gasteiger charge is 2.25. The Labute approximate surface area is 200 Å². The highest BCUT2D eigenvalue weighted by Crippen LogP contribution is 2.24. The molecule has 2 aromatic heterocycles. The molecule has 0 radical (unpaired) electrons. The van der Waals surface area contributed by atoms with Crippen LogP contribution in [0.25, 0.3) is 22.2 Å². The predicted molar refractivity (Wildman–Crippen MR) is 156 cm³/mol. The molecule has 0 aliphatic rings. The summed E-state index contributed by atoms with van der Waals surface area (Å²) in [6.07, 6.45) is 3.60. The molecule has 0 aliphatic carbocycles. The first kappa shape index (κ1) is 23.1. The van der Waals surface area contributed by atoms with Crippen LogP contribution in [0.5, 0.6) is 0 Å². The van der Waals surface area contributed by atoms with Gasteiger partial charge >= 0.3 is 0 Å². The van der Waals surface area contributed by atoms with Gasteiger partial charge in [-0.25, -0.2) is 4.98 Å². The topological polar surface area (TPSA) is 72.7 Å². The van der Waals surface area contributed by atoms with E-state index in [4.69, 9.17) is 0 Å². The SMILES string of the molecule is Bc1c(B)c(C(B)(B)B)c(B)c(B)c1C(=O)Nc1cc2cc(-c3cncn3C)ccc2nn1. The van der Waals surface area contributed by atoms with Gasteiger partial charge in [0.25, 0.3) is 5.91 Å². The summed E-state index contributed by atoms with van der Waals surface area (Å²) in [5.41, 5.74) is 9.18. The number of imidazole rings is 1. The van der Waals surface area contributed by atoms with Crippen LogP contribution in [0.15, 0.2) is 36.8 Å². The van der Waals surface area contributed by atoms with Gasteiger partial charge in [0.1, 0.15) is 31.4 Å². The van der Waals surface area contributed by atoms with Gasteiger partial charge in [0.2, 0.25) is 0 Å². The minimum atomic E-state index is -0.159. The second kappa shape index (κ2) is 8.36. The average molecular weight is 426 g/mol. The smallest absolute Gasteiger partial charge is 0.255 e. The molecule has 156 valence electrons. The van der Waals surface area contributed by atoms with E-state index >= 15 is 0 Å². The minimum Gasteiger partial charge on any atom is -0.334 e. The van der Waals surface area contributed by atoms with Crippen molar-refractivity contribution in [2.24, 2.45) is 7.05 Å². The Morgan fingerprint density at radius 1 is 0.970 bits per heavy atom. The third-order valence-electron chi connectivity index (χ3n) is 6.54. The standard InChI is InChI=1S/C20H24B7N5O/c1-32-7-28-6-11(32)8-2-3-10-9(4-8)5-12(31-30-10)29-19(33)13-15(21)17(23)14(20(25,26)27)18(24)16(13)22/h2-7H,21-27H2,1H3,(H,29,31,33). The van der Waals surface area contributed by atoms with Crippen molar-refractivity contribution < 1.29 is 4.79 Å². The Balaban J connectivity index is 1.72. The monoisotopic (exact) mass is 427 g/mol. The zero-order valence-electron chi connectivity index (χ0n) is 20.7. The quantitative estimate of drug-likeness (QED) is 0.330. The maximum Gasteiger partial charge on any atom is 0.255 e. The summed E-state index contributed by atoms with van der Waals surface area (Å²) in [6, 6.07) is 7.84. The van der Waals surface area contributed by atoms with E-state index in [0.29, 0.717) is 11.4 Å². The van der Waals surface area contributed by atoms with E-state index in [1.807, 2.05) is 57.8 Å². The molecule has 1 amide bonds. The molecule has 0 saturated heterocycles. The second-order valence-corrected chi connectivity index (χ2v) is 9.85. The van der Waals surface area contributed by atoms with E-state index in [-0.39, 0.29) is 11.0 Å². The summed E-state index contributed by atoms with van der Waals surface area (Å²) in [6.45, 7) is 0. The summed E-state index contributed by atoms with van der Waals surface area (Å²) in [4.78, 5) is 17.6. The summed E-state index contributed by atoms with van der Waals surface area (Å²) < 4.78 is 1.97. The molecule has 1 N–H and O–H groups in total. The van der Waals surface area contributed by atoms with Gasteiger partial charge in [0.15, 0.2) is 5.82 Å². The first-order valence-electron chi connectivity index (χ1n) is 11.2. The van der Waals surface area contributed by atoms with Crippen LogP contribution in [-0.4, -0.2) is 80.6 Å². The van der Waals surface area contributed by atoms with E-state index in [0.717, 1.165) is 33.1 Å². The van der Waals surface area contributed by atoms with Crippen molar-refractivity contribution in [3.05, 3.63) is 47.9 Å². The van der Waals surface area contributed by atoms with Crippen LogP contribution in [0, 0.1) is 0 Å². The summed E-state index contributed by atoms with van der Waals surface area (Å²) >= 11 is 0. The number of carbonyl (C=O) groups excluding carboxylic acids is 1. The summed E-state index contributed by atoms with van der Waals surface area (Å²) in [5.74, 6) is 0.275. The van der Waals surface area contributed by atoms with Gasteiger partial charge in [0, 0.05) is 23.6 Å². The zero-order valence-corrected chi connectivity index (χ0v) is 20.7. The molecule has 0 bridgehead atoms. The van der Waals surface area contributed by atoms with Crippen LogP contribution in [0.4, 0.5) is 5.82 Å². The lowest BCUT2D eigenvalue weighted by molar-refractivity contribution is 0.102. The van der Waals surface area contributed by atoms with Crippen molar-refractivity contribution in [3.8, 4) is 11.3 Å². The Morgan fingerprint density at radius 2 is 1.64 bits per heavy atom. The number of nitrogens with one attached hydrogen (secondary N) is 1. The summed E-state index contributed by atoms with van der Waals surface area (Å²) in [7, 11) is 16.9. The van der Waals surface area contributed by atoms with E-state index in [1.165, 1.54) is 16.5 Å². The molecule has 0 aliphatic heterocycles. The largest absolute Gasteiger partial charge is 0.334 e. The minimum absolute atomic E-state index is 0.00802. The number of aromatic nitrogens is 4. The zero-order chi connectivity index (χ0) is 24.1. The fraction of sp³-hybridized carbons (Fsp3) is 0.100. The van der Waals surface area contributed by atoms with Crippen molar-refractivity contribution in [1.82, 2.24) is 19.7 Å². The van der Waals surface area contributed by atoms with E-state index < -0.39 is 0 Å². The third-order valence-corrected chi connectivity index (χ3v) is 6.54. The van der Waals surface area contributed by atoms with Gasteiger partial charge in [-0.15, -0.1) is 10.2 Å². The van der Waals surface area contributed by atoms with Crippen LogP contribution in [0.1, 0.15) is 15.9 Å². The Bertz CT molecular complexity index is 1390. The molecule has 0 unspecified atom stereocenters. The lowest BCUT2D eigenvalue weighted by Crippen LogP contribution is -2.54. The highest BCUT2D eigenvalue weighted by atomic mass is 16.1. The van der Waals surface area contributed by atoms with Gasteiger partial charge in [-0.2, -0.15) is 0 Å². The maximum absolute atomic E-state index is 13.4. The van der Waals surface area contributed by atoms with Crippen molar-refractivity contribution in [2.75, 3.05) is 5.32 Å². The van der Waals surface area contributed by atoms with Gasteiger partial charge < -0.3 is 9.88 Å². The number of carbonyl (C=O) groups is 1. The maximum atomic E-state index is 13.4. The number of fused-ring (bicyclic) bond motifs is 1. The van der Waals surface area contributed by atoms with Crippen LogP contribution < -0.4 is 27.2 Å². The van der Waals surface area contributed by atoms with E-state index in [9.17, 15) is 4.79 Å². The molecular weight excluding hydrogens is 402 g/mol. The number of hydrogen-bond donors (Lipinski definition) is 1. The van der Waals surface area contributed by atoms with E-state index in [2.05, 4.69) is 59.7 Å². The van der Waals surface area contributed by atoms with Gasteiger partial charge in [0.05, 0.1) is 47.3 Å². The van der Waals surface area contributed by atoms with Crippen molar-refractivity contribution in [1.29, 1.82) is 0 Å². The predicted octanol–water partition coefficient (Wildman–Crippen LogP) is -6.67. The van der Waals surface area contributed by atoms with Crippen molar-refractivity contribution >= 4 is 99.4 Å².